The number of hydrogen-bond acceptors (Lipinski definition) is 6. The number of nitrogens with zero attached hydrogens (tertiary/aromatic N) is 4. The number of guanidine groups is 1. The summed E-state index contributed by atoms with van der Waals surface area (Å²) in [6, 6.07) is 7.69. The number of aromatic nitrogens is 1. The molecule has 1 aliphatic heterocycles. The number of aliphatic imine (C=N–C) groups is 1. The van der Waals surface area contributed by atoms with Crippen molar-refractivity contribution in [3.05, 3.63) is 47.6 Å². The van der Waals surface area contributed by atoms with Crippen LogP contribution in [0.25, 0.3) is 0 Å². The molecule has 30 heavy (non-hydrogen) atoms. The fraction of sp³-hybridized carbons (Fsp3) is 0.524. The Morgan fingerprint density at radius 3 is 2.67 bits per heavy atom. The molecule has 2 aromatic rings. The molecule has 164 valence electrons. The highest BCUT2D eigenvalue weighted by atomic mass is 19.1. The summed E-state index contributed by atoms with van der Waals surface area (Å²) < 4.78 is 23.6. The average molecular weight is 420 g/mol. The molecule has 9 heteroatoms. The number of piperazine rings is 1. The van der Waals surface area contributed by atoms with Gasteiger partial charge < -0.3 is 24.6 Å². The predicted molar refractivity (Wildman–Crippen MR) is 112 cm³/mol. The van der Waals surface area contributed by atoms with E-state index in [0.717, 1.165) is 56.7 Å². The zero-order valence-electron chi connectivity index (χ0n) is 17.6. The highest BCUT2D eigenvalue weighted by Gasteiger charge is 2.20. The lowest BCUT2D eigenvalue weighted by Crippen LogP contribution is -2.52. The minimum absolute atomic E-state index is 0.0967. The van der Waals surface area contributed by atoms with Crippen LogP contribution in [0.4, 0.5) is 4.39 Å². The van der Waals surface area contributed by atoms with Crippen molar-refractivity contribution >= 4 is 5.96 Å². The molecule has 0 radical (unpaired) electrons. The van der Waals surface area contributed by atoms with E-state index in [2.05, 4.69) is 25.3 Å². The third-order valence-corrected chi connectivity index (χ3v) is 4.78. The van der Waals surface area contributed by atoms with E-state index in [1.807, 2.05) is 19.9 Å². The highest BCUT2D eigenvalue weighted by molar-refractivity contribution is 5.80. The Labute approximate surface area is 176 Å². The Balaban J connectivity index is 1.46. The number of aryl methyl sites for hydroxylation is 1. The molecule has 8 nitrogen and oxygen atoms in total. The van der Waals surface area contributed by atoms with Crippen LogP contribution < -0.4 is 10.1 Å². The number of halogens is 1. The predicted octanol–water partition coefficient (Wildman–Crippen LogP) is 1.65. The molecule has 1 aromatic carbocycles. The smallest absolute Gasteiger partial charge is 0.194 e. The number of aliphatic hydroxyl groups excluding tert-OH is 1. The van der Waals surface area contributed by atoms with Crippen LogP contribution in [-0.4, -0.2) is 78.0 Å². The van der Waals surface area contributed by atoms with Crippen molar-refractivity contribution in [2.45, 2.75) is 26.5 Å². The van der Waals surface area contributed by atoms with E-state index in [1.165, 1.54) is 24.3 Å². The summed E-state index contributed by atoms with van der Waals surface area (Å²) in [5, 5.41) is 17.6. The maximum absolute atomic E-state index is 12.9. The van der Waals surface area contributed by atoms with Gasteiger partial charge in [-0.05, 0) is 38.1 Å². The first-order chi connectivity index (χ1) is 14.5. The monoisotopic (exact) mass is 419 g/mol. The van der Waals surface area contributed by atoms with E-state index in [-0.39, 0.29) is 19.0 Å². The minimum Gasteiger partial charge on any atom is -0.491 e. The van der Waals surface area contributed by atoms with E-state index >= 15 is 0 Å². The van der Waals surface area contributed by atoms with Gasteiger partial charge in [-0.25, -0.2) is 4.39 Å². The summed E-state index contributed by atoms with van der Waals surface area (Å²) in [5.74, 6) is 1.81. The summed E-state index contributed by atoms with van der Waals surface area (Å²) in [5.41, 5.74) is 0.950. The maximum atomic E-state index is 12.9. The second kappa shape index (κ2) is 10.9. The van der Waals surface area contributed by atoms with Crippen LogP contribution in [0.1, 0.15) is 18.4 Å². The van der Waals surface area contributed by atoms with E-state index in [9.17, 15) is 9.50 Å². The molecule has 1 fully saturated rings. The van der Waals surface area contributed by atoms with Crippen LogP contribution in [0.15, 0.2) is 39.8 Å². The number of ether oxygens (including phenoxy) is 1. The third-order valence-electron chi connectivity index (χ3n) is 4.78. The third kappa shape index (κ3) is 6.70. The molecule has 1 saturated heterocycles. The van der Waals surface area contributed by atoms with E-state index in [4.69, 9.17) is 9.26 Å². The van der Waals surface area contributed by atoms with Crippen LogP contribution in [-0.2, 0) is 6.54 Å². The van der Waals surface area contributed by atoms with Crippen LogP contribution in [0, 0.1) is 12.7 Å². The molecule has 0 bridgehead atoms. The Morgan fingerprint density at radius 1 is 1.30 bits per heavy atom. The molecule has 2 N–H and O–H groups in total. The summed E-state index contributed by atoms with van der Waals surface area (Å²) in [6.45, 7) is 9.23. The van der Waals surface area contributed by atoms with Gasteiger partial charge in [0.25, 0.3) is 0 Å². The first kappa shape index (κ1) is 22.0. The molecule has 1 aliphatic rings. The van der Waals surface area contributed by atoms with Gasteiger partial charge in [-0.3, -0.25) is 9.89 Å². The Bertz CT molecular complexity index is 803. The lowest BCUT2D eigenvalue weighted by molar-refractivity contribution is 0.113. The molecule has 0 spiro atoms. The van der Waals surface area contributed by atoms with E-state index in [0.29, 0.717) is 5.75 Å². The Hall–Kier alpha value is -2.65. The molecular weight excluding hydrogens is 389 g/mol. The Kier molecular flexibility index (Phi) is 8.04. The van der Waals surface area contributed by atoms with Gasteiger partial charge in [-0.15, -0.1) is 0 Å². The van der Waals surface area contributed by atoms with Gasteiger partial charge in [-0.1, -0.05) is 5.16 Å². The second-order valence-corrected chi connectivity index (χ2v) is 7.31. The highest BCUT2D eigenvalue weighted by Crippen LogP contribution is 2.12. The lowest BCUT2D eigenvalue weighted by Gasteiger charge is -2.36. The number of benzene rings is 1. The van der Waals surface area contributed by atoms with Gasteiger partial charge in [0.1, 0.15) is 30.0 Å². The molecule has 0 aliphatic carbocycles. The first-order valence-corrected chi connectivity index (χ1v) is 10.3. The standard InChI is InChI=1S/C21H30FN5O3/c1-3-23-21(24-13-19(28)15-29-20-6-4-17(22)5-7-20)27-10-8-26(9-11-27)14-18-12-16(2)30-25-18/h4-7,12,19,28H,3,8-11,13-15H2,1-2H3,(H,23,24). The van der Waals surface area contributed by atoms with Gasteiger partial charge in [-0.2, -0.15) is 0 Å². The average Bonchev–Trinajstić information content (AvgIpc) is 3.16. The van der Waals surface area contributed by atoms with Crippen molar-refractivity contribution in [1.29, 1.82) is 0 Å². The van der Waals surface area contributed by atoms with Crippen LogP contribution >= 0.6 is 0 Å². The second-order valence-electron chi connectivity index (χ2n) is 7.31. The fourth-order valence-electron chi connectivity index (χ4n) is 3.23. The van der Waals surface area contributed by atoms with Gasteiger partial charge >= 0.3 is 0 Å². The van der Waals surface area contributed by atoms with Crippen molar-refractivity contribution in [3.8, 4) is 5.75 Å². The zero-order chi connectivity index (χ0) is 21.3. The number of hydrogen-bond donors (Lipinski definition) is 2. The first-order valence-electron chi connectivity index (χ1n) is 10.3. The number of rotatable bonds is 8. The fourth-order valence-corrected chi connectivity index (χ4v) is 3.23. The maximum Gasteiger partial charge on any atom is 0.194 e. The molecular formula is C21H30FN5O3. The van der Waals surface area contributed by atoms with Crippen molar-refractivity contribution < 1.29 is 18.8 Å². The normalized spacial score (nSPS) is 16.5. The van der Waals surface area contributed by atoms with Gasteiger partial charge in [0, 0.05) is 45.3 Å². The van der Waals surface area contributed by atoms with E-state index in [1.54, 1.807) is 0 Å². The minimum atomic E-state index is -0.750. The molecule has 2 heterocycles. The largest absolute Gasteiger partial charge is 0.491 e. The van der Waals surface area contributed by atoms with Gasteiger partial charge in [0.05, 0.1) is 12.2 Å². The van der Waals surface area contributed by atoms with Gasteiger partial charge in [0.2, 0.25) is 0 Å². The van der Waals surface area contributed by atoms with Gasteiger partial charge in [0.15, 0.2) is 5.96 Å². The Morgan fingerprint density at radius 2 is 2.03 bits per heavy atom. The molecule has 1 unspecified atom stereocenters. The van der Waals surface area contributed by atoms with Crippen LogP contribution in [0.2, 0.25) is 0 Å². The molecule has 0 amide bonds. The number of nitrogens with one attached hydrogen (secondary N) is 1. The summed E-state index contributed by atoms with van der Waals surface area (Å²) in [4.78, 5) is 9.10. The van der Waals surface area contributed by atoms with E-state index < -0.39 is 6.10 Å². The number of aliphatic hydroxyl groups is 1. The summed E-state index contributed by atoms with van der Waals surface area (Å²) in [7, 11) is 0. The van der Waals surface area contributed by atoms with Crippen molar-refractivity contribution in [2.24, 2.45) is 4.99 Å². The molecule has 1 aromatic heterocycles. The van der Waals surface area contributed by atoms with Crippen molar-refractivity contribution in [3.63, 3.8) is 0 Å². The van der Waals surface area contributed by atoms with Crippen LogP contribution in [0.5, 0.6) is 5.75 Å². The zero-order valence-corrected chi connectivity index (χ0v) is 17.6. The van der Waals surface area contributed by atoms with Crippen LogP contribution in [0.3, 0.4) is 0 Å². The topological polar surface area (TPSA) is 86.4 Å². The summed E-state index contributed by atoms with van der Waals surface area (Å²) in [6.07, 6.45) is -0.750. The summed E-state index contributed by atoms with van der Waals surface area (Å²) >= 11 is 0. The quantitative estimate of drug-likeness (QED) is 0.497. The molecule has 1 atom stereocenters. The lowest BCUT2D eigenvalue weighted by atomic mass is 10.3. The molecule has 3 rings (SSSR count). The SMILES string of the molecule is CCNC(=NCC(O)COc1ccc(F)cc1)N1CCN(Cc2cc(C)on2)CC1. The molecule has 0 saturated carbocycles. The van der Waals surface area contributed by atoms with Crippen molar-refractivity contribution in [2.75, 3.05) is 45.9 Å². The van der Waals surface area contributed by atoms with Crippen molar-refractivity contribution in [1.82, 2.24) is 20.3 Å².